The second-order valence-corrected chi connectivity index (χ2v) is 9.24. The van der Waals surface area contributed by atoms with Crippen molar-refractivity contribution in [2.24, 2.45) is 0 Å². The molecule has 1 aliphatic heterocycles. The van der Waals surface area contributed by atoms with E-state index < -0.39 is 17.7 Å². The summed E-state index contributed by atoms with van der Waals surface area (Å²) in [5.41, 5.74) is 3.58. The molecule has 6 nitrogen and oxygen atoms in total. The summed E-state index contributed by atoms with van der Waals surface area (Å²) in [4.78, 5) is 31.6. The summed E-state index contributed by atoms with van der Waals surface area (Å²) in [6.45, 7) is 1.95. The van der Waals surface area contributed by atoms with E-state index in [0.717, 1.165) is 22.0 Å². The summed E-state index contributed by atoms with van der Waals surface area (Å²) < 4.78 is 5.90. The molecule has 1 aliphatic rings. The molecule has 1 aromatic heterocycles. The number of hydrogen-bond acceptors (Lipinski definition) is 4. The van der Waals surface area contributed by atoms with Crippen molar-refractivity contribution in [3.05, 3.63) is 132 Å². The number of Topliss-reactive ketones (excluding diaryl/α,β-unsaturated/α-hetero) is 1. The van der Waals surface area contributed by atoms with E-state index in [9.17, 15) is 14.7 Å². The van der Waals surface area contributed by atoms with Crippen LogP contribution in [-0.2, 0) is 9.59 Å². The van der Waals surface area contributed by atoms with Crippen molar-refractivity contribution in [1.29, 1.82) is 0 Å². The topological polar surface area (TPSA) is 82.6 Å². The summed E-state index contributed by atoms with van der Waals surface area (Å²) in [7, 11) is 0. The van der Waals surface area contributed by atoms with E-state index in [1.807, 2.05) is 85.8 Å². The predicted molar refractivity (Wildman–Crippen MR) is 147 cm³/mol. The van der Waals surface area contributed by atoms with Gasteiger partial charge < -0.3 is 14.8 Å². The van der Waals surface area contributed by atoms with Crippen molar-refractivity contribution in [3.8, 4) is 11.5 Å². The minimum atomic E-state index is -0.801. The average Bonchev–Trinajstić information content (AvgIpc) is 3.48. The maximum Gasteiger partial charge on any atom is 0.300 e. The monoisotopic (exact) mass is 500 g/mol. The zero-order chi connectivity index (χ0) is 26.2. The fraction of sp³-hybridized carbons (Fsp3) is 0.0625. The minimum Gasteiger partial charge on any atom is -0.507 e. The first-order chi connectivity index (χ1) is 18.5. The number of amides is 1. The second kappa shape index (κ2) is 9.41. The molecule has 0 saturated carbocycles. The number of aromatic amines is 1. The second-order valence-electron chi connectivity index (χ2n) is 9.24. The van der Waals surface area contributed by atoms with Gasteiger partial charge in [-0.25, -0.2) is 0 Å². The lowest BCUT2D eigenvalue weighted by Crippen LogP contribution is -2.29. The quantitative estimate of drug-likeness (QED) is 0.156. The molecular formula is C32H24N2O4. The van der Waals surface area contributed by atoms with Gasteiger partial charge in [-0.2, -0.15) is 0 Å². The molecule has 2 N–H and O–H groups in total. The van der Waals surface area contributed by atoms with E-state index in [0.29, 0.717) is 22.7 Å². The molecule has 4 aromatic carbocycles. The van der Waals surface area contributed by atoms with Crippen LogP contribution in [0.1, 0.15) is 22.7 Å². The van der Waals surface area contributed by atoms with Crippen LogP contribution in [0.3, 0.4) is 0 Å². The van der Waals surface area contributed by atoms with Gasteiger partial charge in [-0.05, 0) is 55.0 Å². The van der Waals surface area contributed by atoms with Crippen LogP contribution in [0.2, 0.25) is 0 Å². The van der Waals surface area contributed by atoms with E-state index in [-0.39, 0.29) is 11.3 Å². The first kappa shape index (κ1) is 23.3. The molecule has 1 fully saturated rings. The first-order valence-corrected chi connectivity index (χ1v) is 12.3. The summed E-state index contributed by atoms with van der Waals surface area (Å²) in [5, 5.41) is 12.3. The average molecular weight is 501 g/mol. The lowest BCUT2D eigenvalue weighted by atomic mass is 9.94. The Morgan fingerprint density at radius 3 is 2.32 bits per heavy atom. The summed E-state index contributed by atoms with van der Waals surface area (Å²) in [5.74, 6) is -0.348. The fourth-order valence-electron chi connectivity index (χ4n) is 4.97. The van der Waals surface area contributed by atoms with Gasteiger partial charge in [0.1, 0.15) is 17.3 Å². The van der Waals surface area contributed by atoms with E-state index >= 15 is 0 Å². The molecule has 1 amide bonds. The number of H-pyrrole nitrogens is 1. The highest BCUT2D eigenvalue weighted by Crippen LogP contribution is 2.43. The number of benzene rings is 4. The number of fused-ring (bicyclic) bond motifs is 1. The molecule has 38 heavy (non-hydrogen) atoms. The fourth-order valence-corrected chi connectivity index (χ4v) is 4.97. The molecular weight excluding hydrogens is 476 g/mol. The number of aromatic nitrogens is 1. The zero-order valence-electron chi connectivity index (χ0n) is 20.6. The Balaban J connectivity index is 1.46. The number of rotatable bonds is 5. The van der Waals surface area contributed by atoms with Crippen molar-refractivity contribution < 1.29 is 19.4 Å². The van der Waals surface area contributed by atoms with E-state index in [1.54, 1.807) is 30.5 Å². The Kier molecular flexibility index (Phi) is 5.77. The van der Waals surface area contributed by atoms with Crippen LogP contribution in [0, 0.1) is 6.92 Å². The van der Waals surface area contributed by atoms with Gasteiger partial charge in [-0.1, -0.05) is 66.2 Å². The minimum absolute atomic E-state index is 0.0509. The third-order valence-corrected chi connectivity index (χ3v) is 6.74. The number of para-hydroxylation sites is 2. The van der Waals surface area contributed by atoms with E-state index in [2.05, 4.69) is 4.98 Å². The molecule has 5 aromatic rings. The third kappa shape index (κ3) is 4.02. The molecule has 0 spiro atoms. The van der Waals surface area contributed by atoms with E-state index in [4.69, 9.17) is 4.74 Å². The lowest BCUT2D eigenvalue weighted by molar-refractivity contribution is -0.132. The number of nitrogens with one attached hydrogen (secondary N) is 1. The van der Waals surface area contributed by atoms with Crippen LogP contribution in [0.4, 0.5) is 5.69 Å². The van der Waals surface area contributed by atoms with Crippen LogP contribution in [0.5, 0.6) is 11.5 Å². The number of aryl methyl sites for hydroxylation is 1. The van der Waals surface area contributed by atoms with Crippen LogP contribution >= 0.6 is 0 Å². The number of ether oxygens (including phenoxy) is 1. The maximum atomic E-state index is 13.5. The Hall–Kier alpha value is -5.10. The molecule has 0 radical (unpaired) electrons. The number of anilines is 1. The van der Waals surface area contributed by atoms with Crippen LogP contribution < -0.4 is 9.64 Å². The van der Waals surface area contributed by atoms with Crippen LogP contribution in [0.25, 0.3) is 16.7 Å². The van der Waals surface area contributed by atoms with Gasteiger partial charge in [0.05, 0.1) is 11.6 Å². The highest BCUT2D eigenvalue weighted by Gasteiger charge is 2.47. The predicted octanol–water partition coefficient (Wildman–Crippen LogP) is 6.89. The molecule has 6 heteroatoms. The normalized spacial score (nSPS) is 16.8. The van der Waals surface area contributed by atoms with Gasteiger partial charge >= 0.3 is 0 Å². The van der Waals surface area contributed by atoms with Gasteiger partial charge in [0.15, 0.2) is 0 Å². The molecule has 1 unspecified atom stereocenters. The van der Waals surface area contributed by atoms with Gasteiger partial charge in [-0.3, -0.25) is 14.5 Å². The zero-order valence-corrected chi connectivity index (χ0v) is 20.6. The van der Waals surface area contributed by atoms with Crippen molar-refractivity contribution >= 4 is 34.0 Å². The number of hydrogen-bond donors (Lipinski definition) is 2. The molecule has 2 heterocycles. The number of nitrogens with zero attached hydrogens (tertiary/aromatic N) is 1. The maximum absolute atomic E-state index is 13.5. The highest BCUT2D eigenvalue weighted by molar-refractivity contribution is 6.51. The summed E-state index contributed by atoms with van der Waals surface area (Å²) >= 11 is 0. The number of carbonyl (C=O) groups excluding carboxylic acids is 2. The smallest absolute Gasteiger partial charge is 0.300 e. The first-order valence-electron chi connectivity index (χ1n) is 12.3. The largest absolute Gasteiger partial charge is 0.507 e. The van der Waals surface area contributed by atoms with Gasteiger partial charge in [-0.15, -0.1) is 0 Å². The lowest BCUT2D eigenvalue weighted by Gasteiger charge is -2.26. The standard InChI is InChI=1S/C32H24N2O4/c1-20-8-7-9-21(18-20)29-28(30(35)26-19-33-27-13-6-5-12-25(26)27)31(36)32(37)34(29)22-14-16-24(17-15-22)38-23-10-3-2-4-11-23/h2-19,29,33,35H,1H3/b30-28-. The number of aliphatic hydroxyl groups excluding tert-OH is 1. The molecule has 1 saturated heterocycles. The third-order valence-electron chi connectivity index (χ3n) is 6.74. The van der Waals surface area contributed by atoms with Crippen molar-refractivity contribution in [3.63, 3.8) is 0 Å². The van der Waals surface area contributed by atoms with Crippen molar-refractivity contribution in [1.82, 2.24) is 4.98 Å². The van der Waals surface area contributed by atoms with E-state index in [1.165, 1.54) is 4.90 Å². The van der Waals surface area contributed by atoms with Crippen molar-refractivity contribution in [2.45, 2.75) is 13.0 Å². The Bertz CT molecular complexity index is 1700. The van der Waals surface area contributed by atoms with Gasteiger partial charge in [0.2, 0.25) is 0 Å². The molecule has 186 valence electrons. The summed E-state index contributed by atoms with van der Waals surface area (Å²) in [6, 6.07) is 30.7. The number of aliphatic hydroxyl groups is 1. The Labute approximate surface area is 219 Å². The SMILES string of the molecule is Cc1cccc(C2/C(=C(/O)c3c[nH]c4ccccc34)C(=O)C(=O)N2c2ccc(Oc3ccccc3)cc2)c1. The molecule has 6 rings (SSSR count). The molecule has 0 aliphatic carbocycles. The number of carbonyl (C=O) groups is 2. The Morgan fingerprint density at radius 1 is 0.842 bits per heavy atom. The van der Waals surface area contributed by atoms with Gasteiger partial charge in [0, 0.05) is 28.4 Å². The molecule has 0 bridgehead atoms. The van der Waals surface area contributed by atoms with Crippen LogP contribution in [0.15, 0.2) is 115 Å². The molecule has 1 atom stereocenters. The summed E-state index contributed by atoms with van der Waals surface area (Å²) in [6.07, 6.45) is 1.66. The Morgan fingerprint density at radius 2 is 1.55 bits per heavy atom. The van der Waals surface area contributed by atoms with Crippen molar-refractivity contribution in [2.75, 3.05) is 4.90 Å². The highest BCUT2D eigenvalue weighted by atomic mass is 16.5. The number of ketones is 1. The van der Waals surface area contributed by atoms with Gasteiger partial charge in [0.25, 0.3) is 11.7 Å². The van der Waals surface area contributed by atoms with Crippen LogP contribution in [-0.4, -0.2) is 21.8 Å².